The third-order valence-electron chi connectivity index (χ3n) is 3.31. The zero-order valence-electron chi connectivity index (χ0n) is 13.9. The maximum absolute atomic E-state index is 11.9. The van der Waals surface area contributed by atoms with E-state index >= 15 is 0 Å². The summed E-state index contributed by atoms with van der Waals surface area (Å²) < 4.78 is 0. The van der Waals surface area contributed by atoms with E-state index in [2.05, 4.69) is 17.6 Å². The first-order valence-electron chi connectivity index (χ1n) is 8.02. The van der Waals surface area contributed by atoms with Crippen molar-refractivity contribution in [2.75, 3.05) is 32.0 Å². The predicted molar refractivity (Wildman–Crippen MR) is 94.7 cm³/mol. The summed E-state index contributed by atoms with van der Waals surface area (Å²) in [6, 6.07) is 6.91. The molecule has 2 amide bonds. The Hall–Kier alpha value is -1.59. The molecule has 1 rings (SSSR count). The second-order valence-corrected chi connectivity index (χ2v) is 6.07. The number of carbonyl (C=O) groups is 2. The third kappa shape index (κ3) is 9.21. The summed E-state index contributed by atoms with van der Waals surface area (Å²) in [6.07, 6.45) is 4.51. The normalized spacial score (nSPS) is 10.6. The predicted octanol–water partition coefficient (Wildman–Crippen LogP) is 2.91. The fourth-order valence-electron chi connectivity index (χ4n) is 2.12. The third-order valence-corrected chi connectivity index (χ3v) is 3.56. The highest BCUT2D eigenvalue weighted by Gasteiger charge is 2.10. The lowest BCUT2D eigenvalue weighted by Crippen LogP contribution is -2.39. The summed E-state index contributed by atoms with van der Waals surface area (Å²) in [6.45, 7) is 3.22. The number of benzene rings is 1. The van der Waals surface area contributed by atoms with Gasteiger partial charge in [0.1, 0.15) is 0 Å². The van der Waals surface area contributed by atoms with Crippen molar-refractivity contribution in [2.24, 2.45) is 0 Å². The summed E-state index contributed by atoms with van der Waals surface area (Å²) in [4.78, 5) is 25.4. The lowest BCUT2D eigenvalue weighted by molar-refractivity contribution is -0.122. The molecule has 23 heavy (non-hydrogen) atoms. The molecule has 128 valence electrons. The first-order valence-corrected chi connectivity index (χ1v) is 8.39. The number of amides is 2. The van der Waals surface area contributed by atoms with E-state index in [-0.39, 0.29) is 24.9 Å². The van der Waals surface area contributed by atoms with Gasteiger partial charge in [0.2, 0.25) is 11.8 Å². The molecule has 5 nitrogen and oxygen atoms in total. The summed E-state index contributed by atoms with van der Waals surface area (Å²) in [5.41, 5.74) is 0.688. The number of anilines is 1. The molecule has 0 fully saturated rings. The van der Waals surface area contributed by atoms with Gasteiger partial charge in [0.05, 0.1) is 13.1 Å². The molecule has 0 unspecified atom stereocenters. The van der Waals surface area contributed by atoms with Crippen LogP contribution in [0.15, 0.2) is 24.3 Å². The van der Waals surface area contributed by atoms with Gasteiger partial charge in [-0.1, -0.05) is 37.8 Å². The van der Waals surface area contributed by atoms with Crippen molar-refractivity contribution in [3.05, 3.63) is 29.3 Å². The Labute approximate surface area is 143 Å². The molecule has 0 radical (unpaired) electrons. The van der Waals surface area contributed by atoms with Gasteiger partial charge in [-0.3, -0.25) is 14.5 Å². The number of nitrogens with one attached hydrogen (secondary N) is 2. The largest absolute Gasteiger partial charge is 0.355 e. The highest BCUT2D eigenvalue weighted by Crippen LogP contribution is 2.13. The Balaban J connectivity index is 2.21. The van der Waals surface area contributed by atoms with Crippen molar-refractivity contribution in [3.63, 3.8) is 0 Å². The van der Waals surface area contributed by atoms with Crippen LogP contribution in [0.2, 0.25) is 5.02 Å². The lowest BCUT2D eigenvalue weighted by Gasteiger charge is -2.16. The molecule has 6 heteroatoms. The van der Waals surface area contributed by atoms with Crippen molar-refractivity contribution >= 4 is 29.1 Å². The molecule has 0 aliphatic rings. The molecule has 0 saturated carbocycles. The zero-order valence-corrected chi connectivity index (χ0v) is 14.7. The van der Waals surface area contributed by atoms with Gasteiger partial charge < -0.3 is 10.6 Å². The number of likely N-dealkylation sites (N-methyl/N-ethyl adjacent to an activating group) is 1. The van der Waals surface area contributed by atoms with Crippen LogP contribution < -0.4 is 10.6 Å². The van der Waals surface area contributed by atoms with Crippen LogP contribution in [0.25, 0.3) is 0 Å². The van der Waals surface area contributed by atoms with E-state index in [1.54, 1.807) is 36.2 Å². The van der Waals surface area contributed by atoms with Gasteiger partial charge in [-0.25, -0.2) is 0 Å². The number of halogens is 1. The van der Waals surface area contributed by atoms with Crippen LogP contribution in [0.5, 0.6) is 0 Å². The second-order valence-electron chi connectivity index (χ2n) is 5.64. The average Bonchev–Trinajstić information content (AvgIpc) is 2.49. The Bertz CT molecular complexity index is 491. The van der Waals surface area contributed by atoms with Crippen LogP contribution in [-0.4, -0.2) is 43.4 Å². The average molecular weight is 340 g/mol. The van der Waals surface area contributed by atoms with E-state index in [0.717, 1.165) is 12.8 Å². The maximum atomic E-state index is 11.9. The highest BCUT2D eigenvalue weighted by molar-refractivity contribution is 6.30. The van der Waals surface area contributed by atoms with Crippen molar-refractivity contribution < 1.29 is 9.59 Å². The van der Waals surface area contributed by atoms with Crippen molar-refractivity contribution in [1.29, 1.82) is 0 Å². The van der Waals surface area contributed by atoms with Crippen LogP contribution in [-0.2, 0) is 9.59 Å². The van der Waals surface area contributed by atoms with Gasteiger partial charge in [-0.05, 0) is 37.7 Å². The molecule has 0 spiro atoms. The molecular weight excluding hydrogens is 314 g/mol. The van der Waals surface area contributed by atoms with Crippen molar-refractivity contribution in [1.82, 2.24) is 10.2 Å². The second kappa shape index (κ2) is 11.0. The number of rotatable bonds is 10. The maximum Gasteiger partial charge on any atom is 0.238 e. The van der Waals surface area contributed by atoms with E-state index in [4.69, 9.17) is 11.6 Å². The highest BCUT2D eigenvalue weighted by atomic mass is 35.5. The van der Waals surface area contributed by atoms with Gasteiger partial charge in [0.15, 0.2) is 0 Å². The van der Waals surface area contributed by atoms with Crippen LogP contribution in [0, 0.1) is 0 Å². The standard InChI is InChI=1S/C17H26ClN3O2/c1-3-4-5-6-11-19-16(22)12-21(2)13-17(23)20-15-9-7-14(18)8-10-15/h7-10H,3-6,11-13H2,1-2H3,(H,19,22)(H,20,23). The molecule has 1 aromatic rings. The van der Waals surface area contributed by atoms with Gasteiger partial charge in [-0.15, -0.1) is 0 Å². The minimum absolute atomic E-state index is 0.0525. The number of hydrogen-bond donors (Lipinski definition) is 2. The molecule has 0 aromatic heterocycles. The van der Waals surface area contributed by atoms with Crippen LogP contribution >= 0.6 is 11.6 Å². The van der Waals surface area contributed by atoms with Crippen molar-refractivity contribution in [3.8, 4) is 0 Å². The fourth-order valence-corrected chi connectivity index (χ4v) is 2.24. The van der Waals surface area contributed by atoms with Gasteiger partial charge in [0.25, 0.3) is 0 Å². The van der Waals surface area contributed by atoms with Crippen LogP contribution in [0.4, 0.5) is 5.69 Å². The molecule has 2 N–H and O–H groups in total. The monoisotopic (exact) mass is 339 g/mol. The lowest BCUT2D eigenvalue weighted by atomic mass is 10.2. The van der Waals surface area contributed by atoms with E-state index < -0.39 is 0 Å². The van der Waals surface area contributed by atoms with E-state index in [9.17, 15) is 9.59 Å². The quantitative estimate of drug-likeness (QED) is 0.644. The minimum Gasteiger partial charge on any atom is -0.355 e. The molecule has 0 aliphatic carbocycles. The van der Waals surface area contributed by atoms with Crippen LogP contribution in [0.1, 0.15) is 32.6 Å². The van der Waals surface area contributed by atoms with Crippen LogP contribution in [0.3, 0.4) is 0 Å². The fraction of sp³-hybridized carbons (Fsp3) is 0.529. The molecular formula is C17H26ClN3O2. The van der Waals surface area contributed by atoms with E-state index in [1.165, 1.54) is 12.8 Å². The molecule has 0 atom stereocenters. The van der Waals surface area contributed by atoms with E-state index in [0.29, 0.717) is 17.3 Å². The molecule has 1 aromatic carbocycles. The minimum atomic E-state index is -0.162. The Morgan fingerprint density at radius 3 is 2.35 bits per heavy atom. The van der Waals surface area contributed by atoms with Gasteiger partial charge in [0, 0.05) is 17.3 Å². The Kier molecular flexibility index (Phi) is 9.33. The molecule has 0 saturated heterocycles. The first kappa shape index (κ1) is 19.5. The first-order chi connectivity index (χ1) is 11.0. The number of unbranched alkanes of at least 4 members (excludes halogenated alkanes) is 3. The summed E-state index contributed by atoms with van der Waals surface area (Å²) >= 11 is 5.79. The smallest absolute Gasteiger partial charge is 0.238 e. The van der Waals surface area contributed by atoms with Crippen molar-refractivity contribution in [2.45, 2.75) is 32.6 Å². The van der Waals surface area contributed by atoms with E-state index in [1.807, 2.05) is 0 Å². The SMILES string of the molecule is CCCCCCNC(=O)CN(C)CC(=O)Nc1ccc(Cl)cc1. The summed E-state index contributed by atoms with van der Waals surface area (Å²) in [7, 11) is 1.75. The number of carbonyl (C=O) groups excluding carboxylic acids is 2. The zero-order chi connectivity index (χ0) is 17.1. The van der Waals surface area contributed by atoms with Gasteiger partial charge >= 0.3 is 0 Å². The summed E-state index contributed by atoms with van der Waals surface area (Å²) in [5.74, 6) is -0.214. The molecule has 0 aliphatic heterocycles. The Morgan fingerprint density at radius 2 is 1.70 bits per heavy atom. The number of hydrogen-bond acceptors (Lipinski definition) is 3. The Morgan fingerprint density at radius 1 is 1.04 bits per heavy atom. The van der Waals surface area contributed by atoms with Gasteiger partial charge in [-0.2, -0.15) is 0 Å². The molecule has 0 bridgehead atoms. The number of nitrogens with zero attached hydrogens (tertiary/aromatic N) is 1. The topological polar surface area (TPSA) is 61.4 Å². The summed E-state index contributed by atoms with van der Waals surface area (Å²) in [5, 5.41) is 6.26. The molecule has 0 heterocycles.